The van der Waals surface area contributed by atoms with Gasteiger partial charge in [0.15, 0.2) is 0 Å². The molecule has 0 aromatic carbocycles. The normalized spacial score (nSPS) is 23.2. The Morgan fingerprint density at radius 2 is 1.89 bits per heavy atom. The average Bonchev–Trinajstić information content (AvgIpc) is 2.32. The van der Waals surface area contributed by atoms with Gasteiger partial charge in [0.05, 0.1) is 0 Å². The molecule has 1 saturated heterocycles. The van der Waals surface area contributed by atoms with Gasteiger partial charge in [-0.15, -0.1) is 0 Å². The fraction of sp³-hybridized carbons (Fsp3) is 0.938. The summed E-state index contributed by atoms with van der Waals surface area (Å²) in [5, 5.41) is 3.58. The first-order valence-corrected chi connectivity index (χ1v) is 7.86. The van der Waals surface area contributed by atoms with Gasteiger partial charge in [-0.05, 0) is 39.0 Å². The van der Waals surface area contributed by atoms with Crippen molar-refractivity contribution in [2.24, 2.45) is 11.8 Å². The molecule has 0 bridgehead atoms. The second kappa shape index (κ2) is 6.74. The maximum atomic E-state index is 12.7. The molecule has 0 radical (unpaired) electrons. The second-order valence-electron chi connectivity index (χ2n) is 7.03. The highest BCUT2D eigenvalue weighted by atomic mass is 16.2. The molecule has 112 valence electrons. The molecule has 19 heavy (non-hydrogen) atoms. The van der Waals surface area contributed by atoms with Crippen LogP contribution in [0.2, 0.25) is 0 Å². The second-order valence-corrected chi connectivity index (χ2v) is 7.03. The smallest absolute Gasteiger partial charge is 0.226 e. The zero-order chi connectivity index (χ0) is 14.6. The van der Waals surface area contributed by atoms with Gasteiger partial charge in [0.1, 0.15) is 0 Å². The van der Waals surface area contributed by atoms with Crippen molar-refractivity contribution in [1.29, 1.82) is 0 Å². The van der Waals surface area contributed by atoms with Gasteiger partial charge >= 0.3 is 0 Å². The lowest BCUT2D eigenvalue weighted by atomic mass is 9.91. The fourth-order valence-electron chi connectivity index (χ4n) is 3.00. The third kappa shape index (κ3) is 4.48. The summed E-state index contributed by atoms with van der Waals surface area (Å²) >= 11 is 0. The Kier molecular flexibility index (Phi) is 5.84. The highest BCUT2D eigenvalue weighted by Crippen LogP contribution is 2.24. The van der Waals surface area contributed by atoms with Crippen molar-refractivity contribution in [3.8, 4) is 0 Å². The molecule has 1 N–H and O–H groups in total. The maximum Gasteiger partial charge on any atom is 0.226 e. The molecule has 0 aromatic heterocycles. The summed E-state index contributed by atoms with van der Waals surface area (Å²) in [7, 11) is 0. The minimum absolute atomic E-state index is 0.0369. The molecule has 0 spiro atoms. The summed E-state index contributed by atoms with van der Waals surface area (Å²) in [6, 6.07) is 0.362. The number of carbonyl (C=O) groups is 1. The predicted octanol–water partition coefficient (Wildman–Crippen LogP) is 3.05. The van der Waals surface area contributed by atoms with E-state index in [1.807, 2.05) is 0 Å². The Hall–Kier alpha value is -0.570. The molecule has 1 fully saturated rings. The van der Waals surface area contributed by atoms with E-state index in [9.17, 15) is 4.79 Å². The first-order valence-electron chi connectivity index (χ1n) is 7.86. The monoisotopic (exact) mass is 268 g/mol. The predicted molar refractivity (Wildman–Crippen MR) is 81.1 cm³/mol. The van der Waals surface area contributed by atoms with Gasteiger partial charge in [-0.1, -0.05) is 27.7 Å². The molecule has 1 amide bonds. The van der Waals surface area contributed by atoms with Gasteiger partial charge in [0.2, 0.25) is 5.91 Å². The van der Waals surface area contributed by atoms with Crippen LogP contribution in [0.25, 0.3) is 0 Å². The number of carbonyl (C=O) groups excluding carboxylic acids is 1. The number of nitrogens with zero attached hydrogens (tertiary/aromatic N) is 1. The molecule has 0 aliphatic carbocycles. The van der Waals surface area contributed by atoms with Crippen molar-refractivity contribution >= 4 is 5.91 Å². The zero-order valence-corrected chi connectivity index (χ0v) is 13.6. The Bertz CT molecular complexity index is 295. The van der Waals surface area contributed by atoms with Crippen LogP contribution in [0.3, 0.4) is 0 Å². The number of rotatable bonds is 5. The standard InChI is InChI=1S/C16H32N2O/c1-7-13(8-2)15(19)18-11-16(5,6)17-10-14(18)9-12(3)4/h12-14,17H,7-11H2,1-6H3. The molecule has 1 heterocycles. The Labute approximate surface area is 119 Å². The molecule has 1 aliphatic heterocycles. The number of hydrogen-bond acceptors (Lipinski definition) is 2. The number of nitrogens with one attached hydrogen (secondary N) is 1. The lowest BCUT2D eigenvalue weighted by Crippen LogP contribution is -2.63. The van der Waals surface area contributed by atoms with Crippen molar-refractivity contribution in [2.75, 3.05) is 13.1 Å². The van der Waals surface area contributed by atoms with Crippen LogP contribution in [0.15, 0.2) is 0 Å². The SMILES string of the molecule is CCC(CC)C(=O)N1CC(C)(C)NCC1CC(C)C. The van der Waals surface area contributed by atoms with Crippen LogP contribution >= 0.6 is 0 Å². The van der Waals surface area contributed by atoms with E-state index in [4.69, 9.17) is 0 Å². The molecule has 1 rings (SSSR count). The summed E-state index contributed by atoms with van der Waals surface area (Å²) in [6.45, 7) is 14.8. The molecule has 3 heteroatoms. The van der Waals surface area contributed by atoms with E-state index in [0.717, 1.165) is 32.4 Å². The fourth-order valence-corrected chi connectivity index (χ4v) is 3.00. The molecule has 1 atom stereocenters. The summed E-state index contributed by atoms with van der Waals surface area (Å²) in [5.41, 5.74) is 0.0369. The van der Waals surface area contributed by atoms with Gasteiger partial charge in [-0.2, -0.15) is 0 Å². The van der Waals surface area contributed by atoms with Gasteiger partial charge < -0.3 is 10.2 Å². The minimum atomic E-state index is 0.0369. The Morgan fingerprint density at radius 1 is 1.32 bits per heavy atom. The van der Waals surface area contributed by atoms with Crippen LogP contribution in [0.5, 0.6) is 0 Å². The van der Waals surface area contributed by atoms with Crippen molar-refractivity contribution in [2.45, 2.75) is 72.4 Å². The van der Waals surface area contributed by atoms with Crippen molar-refractivity contribution in [3.05, 3.63) is 0 Å². The number of piperazine rings is 1. The third-order valence-corrected chi connectivity index (χ3v) is 4.18. The zero-order valence-electron chi connectivity index (χ0n) is 13.6. The van der Waals surface area contributed by atoms with Crippen molar-refractivity contribution in [1.82, 2.24) is 10.2 Å². The van der Waals surface area contributed by atoms with Gasteiger partial charge in [0, 0.05) is 30.6 Å². The van der Waals surface area contributed by atoms with E-state index in [-0.39, 0.29) is 11.5 Å². The van der Waals surface area contributed by atoms with Crippen LogP contribution < -0.4 is 5.32 Å². The largest absolute Gasteiger partial charge is 0.336 e. The lowest BCUT2D eigenvalue weighted by Gasteiger charge is -2.46. The highest BCUT2D eigenvalue weighted by molar-refractivity contribution is 5.79. The van der Waals surface area contributed by atoms with Crippen LogP contribution in [0.1, 0.15) is 60.8 Å². The summed E-state index contributed by atoms with van der Waals surface area (Å²) in [6.07, 6.45) is 3.00. The molecule has 1 unspecified atom stereocenters. The summed E-state index contributed by atoms with van der Waals surface area (Å²) in [5.74, 6) is 1.19. The summed E-state index contributed by atoms with van der Waals surface area (Å²) in [4.78, 5) is 14.9. The van der Waals surface area contributed by atoms with E-state index in [1.165, 1.54) is 0 Å². The Morgan fingerprint density at radius 3 is 2.37 bits per heavy atom. The third-order valence-electron chi connectivity index (χ3n) is 4.18. The van der Waals surface area contributed by atoms with E-state index in [2.05, 4.69) is 51.8 Å². The van der Waals surface area contributed by atoms with Crippen LogP contribution in [-0.2, 0) is 4.79 Å². The molecule has 1 aliphatic rings. The minimum Gasteiger partial charge on any atom is -0.336 e. The lowest BCUT2D eigenvalue weighted by molar-refractivity contribution is -0.141. The van der Waals surface area contributed by atoms with Crippen LogP contribution in [0, 0.1) is 11.8 Å². The topological polar surface area (TPSA) is 32.3 Å². The van der Waals surface area contributed by atoms with E-state index < -0.39 is 0 Å². The molecule has 0 aromatic rings. The van der Waals surface area contributed by atoms with E-state index in [0.29, 0.717) is 17.9 Å². The van der Waals surface area contributed by atoms with Crippen molar-refractivity contribution < 1.29 is 4.79 Å². The molecular formula is C16H32N2O. The molecular weight excluding hydrogens is 236 g/mol. The average molecular weight is 268 g/mol. The van der Waals surface area contributed by atoms with Gasteiger partial charge in [0.25, 0.3) is 0 Å². The maximum absolute atomic E-state index is 12.7. The summed E-state index contributed by atoms with van der Waals surface area (Å²) < 4.78 is 0. The number of amides is 1. The van der Waals surface area contributed by atoms with Crippen molar-refractivity contribution in [3.63, 3.8) is 0 Å². The van der Waals surface area contributed by atoms with Gasteiger partial charge in [-0.25, -0.2) is 0 Å². The highest BCUT2D eigenvalue weighted by Gasteiger charge is 2.37. The molecule has 0 saturated carbocycles. The quantitative estimate of drug-likeness (QED) is 0.831. The first kappa shape index (κ1) is 16.5. The van der Waals surface area contributed by atoms with E-state index in [1.54, 1.807) is 0 Å². The number of hydrogen-bond donors (Lipinski definition) is 1. The van der Waals surface area contributed by atoms with Crippen LogP contribution in [0.4, 0.5) is 0 Å². The first-order chi connectivity index (χ1) is 8.80. The van der Waals surface area contributed by atoms with Crippen LogP contribution in [-0.4, -0.2) is 35.5 Å². The Balaban J connectivity index is 2.84. The molecule has 3 nitrogen and oxygen atoms in total. The van der Waals surface area contributed by atoms with Gasteiger partial charge in [-0.3, -0.25) is 4.79 Å². The van der Waals surface area contributed by atoms with E-state index >= 15 is 0 Å².